The summed E-state index contributed by atoms with van der Waals surface area (Å²) >= 11 is 1.88. The molecule has 1 aromatic rings. The summed E-state index contributed by atoms with van der Waals surface area (Å²) in [6, 6.07) is 7.06. The lowest BCUT2D eigenvalue weighted by Gasteiger charge is -2.22. The molecule has 1 atom stereocenters. The van der Waals surface area contributed by atoms with E-state index in [0.717, 1.165) is 5.75 Å². The van der Waals surface area contributed by atoms with Gasteiger partial charge < -0.3 is 5.32 Å². The highest BCUT2D eigenvalue weighted by Crippen LogP contribution is 2.24. The number of hydrogen-bond donors (Lipinski definition) is 1. The molecule has 1 N–H and O–H groups in total. The second-order valence-electron chi connectivity index (χ2n) is 4.95. The van der Waals surface area contributed by atoms with Crippen LogP contribution in [-0.2, 0) is 0 Å². The van der Waals surface area contributed by atoms with E-state index in [0.29, 0.717) is 5.69 Å². The molecule has 3 heteroatoms. The van der Waals surface area contributed by atoms with Gasteiger partial charge in [-0.05, 0) is 19.1 Å². The minimum Gasteiger partial charge on any atom is -0.379 e. The highest BCUT2D eigenvalue weighted by atomic mass is 32.2. The van der Waals surface area contributed by atoms with Crippen LogP contribution in [0.15, 0.2) is 24.3 Å². The van der Waals surface area contributed by atoms with Crippen molar-refractivity contribution in [3.63, 3.8) is 0 Å². The first-order valence-electron chi connectivity index (χ1n) is 5.53. The minimum absolute atomic E-state index is 0.185. The summed E-state index contributed by atoms with van der Waals surface area (Å²) < 4.78 is 13.6. The average Bonchev–Trinajstić information content (AvgIpc) is 2.18. The van der Waals surface area contributed by atoms with Gasteiger partial charge in [0, 0.05) is 16.5 Å². The van der Waals surface area contributed by atoms with E-state index in [2.05, 4.69) is 33.0 Å². The summed E-state index contributed by atoms with van der Waals surface area (Å²) in [6.07, 6.45) is 0. The molecule has 0 saturated carbocycles. The number of rotatable bonds is 4. The normalized spacial score (nSPS) is 13.6. The first-order valence-corrected chi connectivity index (χ1v) is 6.52. The molecule has 0 aliphatic rings. The molecule has 1 rings (SSSR count). The first-order chi connectivity index (χ1) is 7.38. The van der Waals surface area contributed by atoms with Crippen LogP contribution in [0.5, 0.6) is 0 Å². The Balaban J connectivity index is 2.46. The Morgan fingerprint density at radius 1 is 1.31 bits per heavy atom. The summed E-state index contributed by atoms with van der Waals surface area (Å²) in [7, 11) is 0. The fraction of sp³-hybridized carbons (Fsp3) is 0.538. The maximum atomic E-state index is 13.4. The number of para-hydroxylation sites is 1. The zero-order chi connectivity index (χ0) is 12.2. The largest absolute Gasteiger partial charge is 0.379 e. The van der Waals surface area contributed by atoms with Gasteiger partial charge in [-0.25, -0.2) is 4.39 Å². The zero-order valence-electron chi connectivity index (χ0n) is 10.4. The Morgan fingerprint density at radius 2 is 1.94 bits per heavy atom. The van der Waals surface area contributed by atoms with Crippen LogP contribution < -0.4 is 5.32 Å². The molecule has 0 radical (unpaired) electrons. The van der Waals surface area contributed by atoms with E-state index in [1.54, 1.807) is 12.1 Å². The van der Waals surface area contributed by atoms with Crippen LogP contribution in [0, 0.1) is 5.82 Å². The van der Waals surface area contributed by atoms with Gasteiger partial charge in [-0.2, -0.15) is 11.8 Å². The first kappa shape index (κ1) is 13.4. The van der Waals surface area contributed by atoms with Crippen molar-refractivity contribution >= 4 is 17.4 Å². The quantitative estimate of drug-likeness (QED) is 0.849. The van der Waals surface area contributed by atoms with Crippen molar-refractivity contribution in [2.75, 3.05) is 11.1 Å². The van der Waals surface area contributed by atoms with Crippen LogP contribution in [0.3, 0.4) is 0 Å². The maximum absolute atomic E-state index is 13.4. The molecule has 0 aliphatic heterocycles. The van der Waals surface area contributed by atoms with Crippen LogP contribution in [0.2, 0.25) is 0 Å². The minimum atomic E-state index is -0.185. The second kappa shape index (κ2) is 5.58. The highest BCUT2D eigenvalue weighted by molar-refractivity contribution is 8.00. The van der Waals surface area contributed by atoms with Gasteiger partial charge in [0.2, 0.25) is 0 Å². The van der Waals surface area contributed by atoms with Gasteiger partial charge in [-0.3, -0.25) is 0 Å². The van der Waals surface area contributed by atoms with E-state index < -0.39 is 0 Å². The third-order valence-corrected chi connectivity index (χ3v) is 3.57. The smallest absolute Gasteiger partial charge is 0.146 e. The third-order valence-electron chi connectivity index (χ3n) is 2.04. The molecule has 0 amide bonds. The molecule has 0 aromatic heterocycles. The van der Waals surface area contributed by atoms with Gasteiger partial charge in [0.05, 0.1) is 5.69 Å². The lowest BCUT2D eigenvalue weighted by Crippen LogP contribution is -2.22. The summed E-state index contributed by atoms with van der Waals surface area (Å²) in [5.74, 6) is 0.785. The van der Waals surface area contributed by atoms with Crippen LogP contribution in [-0.4, -0.2) is 16.5 Å². The summed E-state index contributed by atoms with van der Waals surface area (Å²) in [5.41, 5.74) is 0.588. The third kappa shape index (κ3) is 4.88. The Kier molecular flexibility index (Phi) is 4.66. The zero-order valence-corrected chi connectivity index (χ0v) is 11.2. The van der Waals surface area contributed by atoms with Crippen molar-refractivity contribution in [2.45, 2.75) is 38.5 Å². The molecule has 0 spiro atoms. The molecular formula is C13H20FNS. The van der Waals surface area contributed by atoms with E-state index in [4.69, 9.17) is 0 Å². The Morgan fingerprint density at radius 3 is 2.50 bits per heavy atom. The fourth-order valence-electron chi connectivity index (χ4n) is 1.26. The number of halogens is 1. The summed E-state index contributed by atoms with van der Waals surface area (Å²) in [5, 5.41) is 3.19. The molecule has 0 heterocycles. The SMILES string of the molecule is CC(CSC(C)(C)C)Nc1ccccc1F. The molecule has 90 valence electrons. The monoisotopic (exact) mass is 241 g/mol. The van der Waals surface area contributed by atoms with Crippen molar-refractivity contribution in [3.8, 4) is 0 Å². The van der Waals surface area contributed by atoms with E-state index in [-0.39, 0.29) is 16.6 Å². The van der Waals surface area contributed by atoms with Crippen molar-refractivity contribution in [1.82, 2.24) is 0 Å². The molecule has 0 saturated heterocycles. The van der Waals surface area contributed by atoms with Crippen LogP contribution in [0.1, 0.15) is 27.7 Å². The maximum Gasteiger partial charge on any atom is 0.146 e. The number of nitrogens with one attached hydrogen (secondary N) is 1. The van der Waals surface area contributed by atoms with Gasteiger partial charge in [-0.1, -0.05) is 32.9 Å². The van der Waals surface area contributed by atoms with E-state index in [9.17, 15) is 4.39 Å². The van der Waals surface area contributed by atoms with Crippen LogP contribution >= 0.6 is 11.8 Å². The summed E-state index contributed by atoms with van der Waals surface area (Å²) in [6.45, 7) is 8.64. The van der Waals surface area contributed by atoms with Gasteiger partial charge in [0.25, 0.3) is 0 Å². The van der Waals surface area contributed by atoms with Crippen molar-refractivity contribution in [3.05, 3.63) is 30.1 Å². The lowest BCUT2D eigenvalue weighted by molar-refractivity contribution is 0.628. The molecule has 0 aliphatic carbocycles. The molecule has 0 fully saturated rings. The molecule has 1 nitrogen and oxygen atoms in total. The molecule has 16 heavy (non-hydrogen) atoms. The van der Waals surface area contributed by atoms with Crippen LogP contribution in [0.25, 0.3) is 0 Å². The van der Waals surface area contributed by atoms with E-state index in [1.165, 1.54) is 6.07 Å². The van der Waals surface area contributed by atoms with Gasteiger partial charge >= 0.3 is 0 Å². The fourth-order valence-corrected chi connectivity index (χ4v) is 2.09. The predicted octanol–water partition coefficient (Wildman–Crippen LogP) is 4.16. The van der Waals surface area contributed by atoms with Crippen molar-refractivity contribution in [2.24, 2.45) is 0 Å². The number of thioether (sulfide) groups is 1. The predicted molar refractivity (Wildman–Crippen MR) is 71.7 cm³/mol. The second-order valence-corrected chi connectivity index (χ2v) is 6.80. The Hall–Kier alpha value is -0.700. The van der Waals surface area contributed by atoms with E-state index >= 15 is 0 Å². The lowest BCUT2D eigenvalue weighted by atomic mass is 10.2. The number of anilines is 1. The van der Waals surface area contributed by atoms with E-state index in [1.807, 2.05) is 17.8 Å². The number of hydrogen-bond acceptors (Lipinski definition) is 2. The molecule has 1 unspecified atom stereocenters. The highest BCUT2D eigenvalue weighted by Gasteiger charge is 2.13. The Labute approximate surface area is 102 Å². The standard InChI is InChI=1S/C13H20FNS/c1-10(9-16-13(2,3)4)15-12-8-6-5-7-11(12)14/h5-8,10,15H,9H2,1-4H3. The van der Waals surface area contributed by atoms with Crippen LogP contribution in [0.4, 0.5) is 10.1 Å². The molecule has 0 bridgehead atoms. The average molecular weight is 241 g/mol. The molecule has 1 aromatic carbocycles. The van der Waals surface area contributed by atoms with Crippen molar-refractivity contribution in [1.29, 1.82) is 0 Å². The topological polar surface area (TPSA) is 12.0 Å². The van der Waals surface area contributed by atoms with Crippen molar-refractivity contribution < 1.29 is 4.39 Å². The number of benzene rings is 1. The Bertz CT molecular complexity index is 333. The molecular weight excluding hydrogens is 221 g/mol. The van der Waals surface area contributed by atoms with Gasteiger partial charge in [0.15, 0.2) is 0 Å². The summed E-state index contributed by atoms with van der Waals surface area (Å²) in [4.78, 5) is 0. The van der Waals surface area contributed by atoms with Gasteiger partial charge in [0.1, 0.15) is 5.82 Å². The van der Waals surface area contributed by atoms with Gasteiger partial charge in [-0.15, -0.1) is 0 Å².